The van der Waals surface area contributed by atoms with E-state index in [0.29, 0.717) is 0 Å². The van der Waals surface area contributed by atoms with Gasteiger partial charge in [0.2, 0.25) is 0 Å². The summed E-state index contributed by atoms with van der Waals surface area (Å²) in [5.41, 5.74) is 17.1. The minimum Gasteiger partial charge on any atom is -0.455 e. The van der Waals surface area contributed by atoms with Crippen molar-refractivity contribution in [2.24, 2.45) is 0 Å². The Morgan fingerprint density at radius 2 is 0.793 bits per heavy atom. The molecule has 0 N–H and O–H groups in total. The van der Waals surface area contributed by atoms with Gasteiger partial charge in [0.25, 0.3) is 0 Å². The Kier molecular flexibility index (Phi) is 8.04. The maximum absolute atomic E-state index is 6.48. The number of rotatable bonds is 7. The molecule has 0 aliphatic rings. The van der Waals surface area contributed by atoms with E-state index >= 15 is 0 Å². The minimum absolute atomic E-state index is 0.895. The summed E-state index contributed by atoms with van der Waals surface area (Å²) in [6.07, 6.45) is 0. The second kappa shape index (κ2) is 13.8. The first kappa shape index (κ1) is 33.7. The van der Waals surface area contributed by atoms with Crippen molar-refractivity contribution in [3.05, 3.63) is 212 Å². The van der Waals surface area contributed by atoms with Gasteiger partial charge in [0.1, 0.15) is 22.3 Å². The highest BCUT2D eigenvalue weighted by Gasteiger charge is 2.18. The van der Waals surface area contributed by atoms with Gasteiger partial charge in [0, 0.05) is 49.7 Å². The van der Waals surface area contributed by atoms with Gasteiger partial charge < -0.3 is 13.7 Å². The van der Waals surface area contributed by atoms with Crippen LogP contribution in [0, 0.1) is 6.92 Å². The standard InChI is InChI=1S/C55H37NO2/c1-36-20-33-53-51(34-36)50-18-8-15-46(54(50)58-53)41-27-31-44(32-28-41)56(43-29-25-40(26-30-43)39-23-21-38(22-24-39)37-10-3-2-4-11-37)45-13-7-12-42(35-45)47-16-9-17-49-48-14-5-6-19-52(48)57-55(47)49/h2-35H,1H3. The van der Waals surface area contributed by atoms with Gasteiger partial charge >= 0.3 is 0 Å². The molecule has 0 bridgehead atoms. The smallest absolute Gasteiger partial charge is 0.143 e. The van der Waals surface area contributed by atoms with E-state index in [1.165, 1.54) is 22.3 Å². The first-order valence-electron chi connectivity index (χ1n) is 19.7. The second-order valence-corrected chi connectivity index (χ2v) is 15.0. The van der Waals surface area contributed by atoms with Gasteiger partial charge in [-0.25, -0.2) is 0 Å². The van der Waals surface area contributed by atoms with E-state index in [9.17, 15) is 0 Å². The first-order chi connectivity index (χ1) is 28.6. The molecule has 0 atom stereocenters. The summed E-state index contributed by atoms with van der Waals surface area (Å²) in [5, 5.41) is 4.52. The van der Waals surface area contributed by atoms with Gasteiger partial charge in [-0.1, -0.05) is 157 Å². The molecule has 0 unspecified atom stereocenters. The second-order valence-electron chi connectivity index (χ2n) is 15.0. The van der Waals surface area contributed by atoms with Gasteiger partial charge in [-0.3, -0.25) is 0 Å². The van der Waals surface area contributed by atoms with E-state index in [0.717, 1.165) is 88.8 Å². The van der Waals surface area contributed by atoms with Gasteiger partial charge in [0.15, 0.2) is 0 Å². The lowest BCUT2D eigenvalue weighted by Crippen LogP contribution is -2.10. The zero-order chi connectivity index (χ0) is 38.6. The van der Waals surface area contributed by atoms with E-state index in [1.807, 2.05) is 12.1 Å². The van der Waals surface area contributed by atoms with Gasteiger partial charge in [-0.15, -0.1) is 0 Å². The summed E-state index contributed by atoms with van der Waals surface area (Å²) in [7, 11) is 0. The lowest BCUT2D eigenvalue weighted by atomic mass is 9.99. The van der Waals surface area contributed by atoms with E-state index in [-0.39, 0.29) is 0 Å². The molecule has 2 aromatic heterocycles. The Hall–Kier alpha value is -7.62. The van der Waals surface area contributed by atoms with Gasteiger partial charge in [-0.2, -0.15) is 0 Å². The normalized spacial score (nSPS) is 11.5. The molecule has 0 saturated heterocycles. The van der Waals surface area contributed by atoms with Crippen molar-refractivity contribution in [2.45, 2.75) is 6.92 Å². The minimum atomic E-state index is 0.895. The molecule has 0 radical (unpaired) electrons. The van der Waals surface area contributed by atoms with Gasteiger partial charge in [0.05, 0.1) is 0 Å². The molecule has 9 aromatic carbocycles. The highest BCUT2D eigenvalue weighted by atomic mass is 16.3. The lowest BCUT2D eigenvalue weighted by molar-refractivity contribution is 0.669. The third kappa shape index (κ3) is 5.84. The molecule has 0 fully saturated rings. The molecule has 0 amide bonds. The molecule has 0 saturated carbocycles. The summed E-state index contributed by atoms with van der Waals surface area (Å²) in [5.74, 6) is 0. The fourth-order valence-electron chi connectivity index (χ4n) is 8.45. The maximum Gasteiger partial charge on any atom is 0.143 e. The fraction of sp³-hybridized carbons (Fsp3) is 0.0182. The monoisotopic (exact) mass is 743 g/mol. The Labute approximate surface area is 336 Å². The number of fused-ring (bicyclic) bond motifs is 6. The number of aryl methyl sites for hydroxylation is 1. The van der Waals surface area contributed by atoms with Crippen LogP contribution in [0.4, 0.5) is 17.1 Å². The van der Waals surface area contributed by atoms with Crippen LogP contribution in [-0.4, -0.2) is 0 Å². The largest absolute Gasteiger partial charge is 0.455 e. The zero-order valence-corrected chi connectivity index (χ0v) is 31.9. The lowest BCUT2D eigenvalue weighted by Gasteiger charge is -2.26. The molecule has 0 aliphatic carbocycles. The predicted octanol–water partition coefficient (Wildman–Crippen LogP) is 15.9. The van der Waals surface area contributed by atoms with E-state index in [2.05, 4.69) is 206 Å². The van der Waals surface area contributed by atoms with E-state index in [1.54, 1.807) is 0 Å². The van der Waals surface area contributed by atoms with Crippen molar-refractivity contribution in [2.75, 3.05) is 4.90 Å². The Morgan fingerprint density at radius 1 is 0.310 bits per heavy atom. The molecule has 0 aliphatic heterocycles. The number of para-hydroxylation sites is 3. The summed E-state index contributed by atoms with van der Waals surface area (Å²) in [6.45, 7) is 2.12. The SMILES string of the molecule is Cc1ccc2oc3c(-c4ccc(N(c5ccc(-c6ccc(-c7ccccc7)cc6)cc5)c5cccc(-c6cccc7c6oc6ccccc67)c5)cc4)cccc3c2c1. The molecule has 58 heavy (non-hydrogen) atoms. The first-order valence-corrected chi connectivity index (χ1v) is 19.7. The van der Waals surface area contributed by atoms with Crippen molar-refractivity contribution in [3.8, 4) is 44.5 Å². The summed E-state index contributed by atoms with van der Waals surface area (Å²) in [6, 6.07) is 73.3. The maximum atomic E-state index is 6.48. The molecule has 0 spiro atoms. The summed E-state index contributed by atoms with van der Waals surface area (Å²) < 4.78 is 13.0. The van der Waals surface area contributed by atoms with Crippen LogP contribution in [0.25, 0.3) is 88.4 Å². The van der Waals surface area contributed by atoms with Gasteiger partial charge in [-0.05, 0) is 94.9 Å². The van der Waals surface area contributed by atoms with Crippen molar-refractivity contribution >= 4 is 60.9 Å². The van der Waals surface area contributed by atoms with Crippen molar-refractivity contribution in [1.82, 2.24) is 0 Å². The van der Waals surface area contributed by atoms with Crippen LogP contribution in [0.15, 0.2) is 215 Å². The van der Waals surface area contributed by atoms with Crippen molar-refractivity contribution in [3.63, 3.8) is 0 Å². The Bertz CT molecular complexity index is 3260. The van der Waals surface area contributed by atoms with Crippen LogP contribution >= 0.6 is 0 Å². The van der Waals surface area contributed by atoms with Crippen LogP contribution in [0.1, 0.15) is 5.56 Å². The third-order valence-electron chi connectivity index (χ3n) is 11.4. The van der Waals surface area contributed by atoms with Crippen molar-refractivity contribution < 1.29 is 8.83 Å². The van der Waals surface area contributed by atoms with Crippen LogP contribution in [-0.2, 0) is 0 Å². The molecular weight excluding hydrogens is 707 g/mol. The summed E-state index contributed by atoms with van der Waals surface area (Å²) >= 11 is 0. The molecule has 2 heterocycles. The summed E-state index contributed by atoms with van der Waals surface area (Å²) in [4.78, 5) is 2.33. The molecular formula is C55H37NO2. The van der Waals surface area contributed by atoms with Crippen LogP contribution in [0.5, 0.6) is 0 Å². The number of hydrogen-bond donors (Lipinski definition) is 0. The number of nitrogens with zero attached hydrogens (tertiary/aromatic N) is 1. The molecule has 3 heteroatoms. The topological polar surface area (TPSA) is 29.5 Å². The average Bonchev–Trinajstić information content (AvgIpc) is 3.86. The average molecular weight is 744 g/mol. The number of benzene rings is 9. The van der Waals surface area contributed by atoms with E-state index < -0.39 is 0 Å². The highest BCUT2D eigenvalue weighted by molar-refractivity contribution is 6.11. The van der Waals surface area contributed by atoms with Crippen LogP contribution in [0.2, 0.25) is 0 Å². The number of anilines is 3. The molecule has 11 aromatic rings. The number of furan rings is 2. The van der Waals surface area contributed by atoms with E-state index in [4.69, 9.17) is 8.83 Å². The fourth-order valence-corrected chi connectivity index (χ4v) is 8.45. The quantitative estimate of drug-likeness (QED) is 0.163. The number of hydrogen-bond acceptors (Lipinski definition) is 3. The zero-order valence-electron chi connectivity index (χ0n) is 31.9. The highest BCUT2D eigenvalue weighted by Crippen LogP contribution is 2.42. The Morgan fingerprint density at radius 3 is 1.47 bits per heavy atom. The molecule has 3 nitrogen and oxygen atoms in total. The van der Waals surface area contributed by atoms with Crippen LogP contribution in [0.3, 0.4) is 0 Å². The third-order valence-corrected chi connectivity index (χ3v) is 11.4. The Balaban J connectivity index is 1.00. The van der Waals surface area contributed by atoms with Crippen molar-refractivity contribution in [1.29, 1.82) is 0 Å². The van der Waals surface area contributed by atoms with Crippen LogP contribution < -0.4 is 4.90 Å². The molecule has 274 valence electrons. The predicted molar refractivity (Wildman–Crippen MR) is 242 cm³/mol. The molecule has 11 rings (SSSR count).